The molecule has 0 radical (unpaired) electrons. The van der Waals surface area contributed by atoms with Gasteiger partial charge in [-0.3, -0.25) is 14.4 Å². The van der Waals surface area contributed by atoms with E-state index in [1.807, 2.05) is 0 Å². The molecule has 0 saturated carbocycles. The second-order valence-corrected chi connectivity index (χ2v) is 3.14. The number of carbonyl (C=O) groups is 4. The third-order valence-electron chi connectivity index (χ3n) is 1.34. The van der Waals surface area contributed by atoms with Gasteiger partial charge in [-0.1, -0.05) is 6.58 Å². The summed E-state index contributed by atoms with van der Waals surface area (Å²) in [7, 11) is 0. The Bertz CT molecular complexity index is 327. The summed E-state index contributed by atoms with van der Waals surface area (Å²) in [5.74, 6) is -2.73. The van der Waals surface area contributed by atoms with E-state index in [1.54, 1.807) is 0 Å². The molecule has 82 valence electrons. The van der Waals surface area contributed by atoms with Crippen molar-refractivity contribution in [2.45, 2.75) is 26.7 Å². The molecule has 0 spiro atoms. The van der Waals surface area contributed by atoms with Crippen molar-refractivity contribution in [2.75, 3.05) is 0 Å². The van der Waals surface area contributed by atoms with Crippen molar-refractivity contribution < 1.29 is 23.9 Å². The lowest BCUT2D eigenvalue weighted by atomic mass is 10.2. The largest absolute Gasteiger partial charge is 0.389 e. The van der Waals surface area contributed by atoms with Crippen LogP contribution in [0, 0.1) is 0 Å². The molecule has 0 aromatic heterocycles. The van der Waals surface area contributed by atoms with E-state index in [9.17, 15) is 19.2 Å². The molecule has 0 unspecified atom stereocenters. The SMILES string of the molecule is C=C(C)C(=O)OC(=O)CC(=O)CC(C)=O. The van der Waals surface area contributed by atoms with E-state index >= 15 is 0 Å². The van der Waals surface area contributed by atoms with Gasteiger partial charge in [-0.25, -0.2) is 4.79 Å². The van der Waals surface area contributed by atoms with Crippen molar-refractivity contribution in [1.82, 2.24) is 0 Å². The topological polar surface area (TPSA) is 77.5 Å². The number of Topliss-reactive ketones (excluding diaryl/α,β-unsaturated/α-hetero) is 2. The first kappa shape index (κ1) is 13.2. The maximum atomic E-state index is 11.0. The standard InChI is InChI=1S/C10H12O5/c1-6(2)10(14)15-9(13)5-8(12)4-7(3)11/h1,4-5H2,2-3H3. The van der Waals surface area contributed by atoms with E-state index in [0.717, 1.165) is 0 Å². The Morgan fingerprint density at radius 1 is 1.07 bits per heavy atom. The number of ether oxygens (including phenoxy) is 1. The van der Waals surface area contributed by atoms with E-state index in [-0.39, 0.29) is 17.8 Å². The predicted octanol–water partition coefficient (Wildman–Crippen LogP) is 0.571. The van der Waals surface area contributed by atoms with Gasteiger partial charge >= 0.3 is 11.9 Å². The summed E-state index contributed by atoms with van der Waals surface area (Å²) in [5, 5.41) is 0. The highest BCUT2D eigenvalue weighted by Gasteiger charge is 2.16. The average Bonchev–Trinajstić information content (AvgIpc) is 2.00. The fraction of sp³-hybridized carbons (Fsp3) is 0.400. The van der Waals surface area contributed by atoms with Crippen LogP contribution in [0.4, 0.5) is 0 Å². The van der Waals surface area contributed by atoms with E-state index < -0.39 is 24.1 Å². The molecule has 0 fully saturated rings. The van der Waals surface area contributed by atoms with Crippen molar-refractivity contribution in [3.8, 4) is 0 Å². The zero-order valence-electron chi connectivity index (χ0n) is 8.66. The fourth-order valence-electron chi connectivity index (χ4n) is 0.728. The molecule has 0 aliphatic heterocycles. The lowest BCUT2D eigenvalue weighted by molar-refractivity contribution is -0.157. The van der Waals surface area contributed by atoms with Crippen LogP contribution in [0.2, 0.25) is 0 Å². The van der Waals surface area contributed by atoms with Crippen LogP contribution in [-0.2, 0) is 23.9 Å². The molecular weight excluding hydrogens is 200 g/mol. The Kier molecular flexibility index (Phi) is 5.15. The van der Waals surface area contributed by atoms with Crippen molar-refractivity contribution in [2.24, 2.45) is 0 Å². The van der Waals surface area contributed by atoms with Gasteiger partial charge in [0.25, 0.3) is 0 Å². The molecule has 0 aromatic rings. The van der Waals surface area contributed by atoms with Gasteiger partial charge in [0.05, 0.1) is 6.42 Å². The minimum Gasteiger partial charge on any atom is -0.389 e. The molecule has 0 saturated heterocycles. The van der Waals surface area contributed by atoms with Gasteiger partial charge in [0.15, 0.2) is 5.78 Å². The highest BCUT2D eigenvalue weighted by Crippen LogP contribution is 1.98. The molecule has 5 nitrogen and oxygen atoms in total. The smallest absolute Gasteiger partial charge is 0.340 e. The molecule has 0 heterocycles. The third kappa shape index (κ3) is 6.31. The zero-order chi connectivity index (χ0) is 12.0. The summed E-state index contributed by atoms with van der Waals surface area (Å²) in [5.41, 5.74) is 0.0716. The summed E-state index contributed by atoms with van der Waals surface area (Å²) in [6, 6.07) is 0. The Morgan fingerprint density at radius 3 is 2.00 bits per heavy atom. The summed E-state index contributed by atoms with van der Waals surface area (Å²) in [6.45, 7) is 5.89. The van der Waals surface area contributed by atoms with Crippen molar-refractivity contribution in [1.29, 1.82) is 0 Å². The van der Waals surface area contributed by atoms with Crippen LogP contribution in [0.5, 0.6) is 0 Å². The Hall–Kier alpha value is -1.78. The monoisotopic (exact) mass is 212 g/mol. The number of esters is 2. The van der Waals surface area contributed by atoms with E-state index in [0.29, 0.717) is 0 Å². The van der Waals surface area contributed by atoms with Crippen LogP contribution in [0.15, 0.2) is 12.2 Å². The van der Waals surface area contributed by atoms with Crippen molar-refractivity contribution in [3.63, 3.8) is 0 Å². The van der Waals surface area contributed by atoms with Crippen LogP contribution in [-0.4, -0.2) is 23.5 Å². The molecule has 0 rings (SSSR count). The van der Waals surface area contributed by atoms with Crippen LogP contribution >= 0.6 is 0 Å². The van der Waals surface area contributed by atoms with E-state index in [1.165, 1.54) is 13.8 Å². The first-order chi connectivity index (χ1) is 6.82. The van der Waals surface area contributed by atoms with Gasteiger partial charge in [-0.05, 0) is 13.8 Å². The molecule has 0 atom stereocenters. The minimum absolute atomic E-state index is 0.0716. The summed E-state index contributed by atoms with van der Waals surface area (Å²) < 4.78 is 4.25. The van der Waals surface area contributed by atoms with Crippen LogP contribution in [0.1, 0.15) is 26.7 Å². The lowest BCUT2D eigenvalue weighted by Gasteiger charge is -2.00. The van der Waals surface area contributed by atoms with Gasteiger partial charge in [0.2, 0.25) is 0 Å². The van der Waals surface area contributed by atoms with Crippen LogP contribution in [0.25, 0.3) is 0 Å². The molecule has 5 heteroatoms. The number of carbonyl (C=O) groups excluding carboxylic acids is 4. The first-order valence-corrected chi connectivity index (χ1v) is 4.24. The van der Waals surface area contributed by atoms with Crippen LogP contribution < -0.4 is 0 Å². The normalized spacial score (nSPS) is 9.20. The predicted molar refractivity (Wildman–Crippen MR) is 50.8 cm³/mol. The van der Waals surface area contributed by atoms with Gasteiger partial charge in [-0.15, -0.1) is 0 Å². The Balaban J connectivity index is 4.04. The second-order valence-electron chi connectivity index (χ2n) is 3.14. The highest BCUT2D eigenvalue weighted by atomic mass is 16.6. The molecule has 0 bridgehead atoms. The number of ketones is 2. The minimum atomic E-state index is -0.964. The van der Waals surface area contributed by atoms with Gasteiger partial charge in [-0.2, -0.15) is 0 Å². The summed E-state index contributed by atoms with van der Waals surface area (Å²) in [4.78, 5) is 43.2. The molecule has 0 N–H and O–H groups in total. The first-order valence-electron chi connectivity index (χ1n) is 4.24. The fourth-order valence-corrected chi connectivity index (χ4v) is 0.728. The lowest BCUT2D eigenvalue weighted by Crippen LogP contribution is -2.17. The van der Waals surface area contributed by atoms with Gasteiger partial charge < -0.3 is 4.74 Å². The Labute approximate surface area is 87.1 Å². The molecule has 0 amide bonds. The number of hydrogen-bond acceptors (Lipinski definition) is 5. The zero-order valence-corrected chi connectivity index (χ0v) is 8.66. The van der Waals surface area contributed by atoms with Crippen molar-refractivity contribution >= 4 is 23.5 Å². The van der Waals surface area contributed by atoms with Crippen molar-refractivity contribution in [3.05, 3.63) is 12.2 Å². The summed E-state index contributed by atoms with van der Waals surface area (Å²) in [6.07, 6.45) is -0.894. The molecule has 0 aliphatic rings. The third-order valence-corrected chi connectivity index (χ3v) is 1.34. The van der Waals surface area contributed by atoms with E-state index in [4.69, 9.17) is 0 Å². The second kappa shape index (κ2) is 5.85. The van der Waals surface area contributed by atoms with Gasteiger partial charge in [0.1, 0.15) is 12.2 Å². The Morgan fingerprint density at radius 2 is 1.60 bits per heavy atom. The van der Waals surface area contributed by atoms with Crippen LogP contribution in [0.3, 0.4) is 0 Å². The maximum absolute atomic E-state index is 11.0. The number of rotatable bonds is 5. The van der Waals surface area contributed by atoms with Gasteiger partial charge in [0, 0.05) is 5.57 Å². The number of hydrogen-bond donors (Lipinski definition) is 0. The molecular formula is C10H12O5. The summed E-state index contributed by atoms with van der Waals surface area (Å²) >= 11 is 0. The quantitative estimate of drug-likeness (QED) is 0.378. The molecule has 0 aromatic carbocycles. The molecule has 0 aliphatic carbocycles. The molecule has 15 heavy (non-hydrogen) atoms. The highest BCUT2D eigenvalue weighted by molar-refractivity contribution is 6.07. The average molecular weight is 212 g/mol. The maximum Gasteiger partial charge on any atom is 0.340 e. The van der Waals surface area contributed by atoms with E-state index in [2.05, 4.69) is 11.3 Å².